The molecule has 19 heavy (non-hydrogen) atoms. The Morgan fingerprint density at radius 1 is 1.47 bits per heavy atom. The van der Waals surface area contributed by atoms with E-state index in [1.807, 2.05) is 0 Å². The number of rotatable bonds is 8. The summed E-state index contributed by atoms with van der Waals surface area (Å²) in [6.07, 6.45) is -0.0942. The van der Waals surface area contributed by atoms with Crippen LogP contribution in [0.4, 0.5) is 5.69 Å². The van der Waals surface area contributed by atoms with Crippen molar-refractivity contribution in [3.05, 3.63) is 38.9 Å². The molecule has 0 heterocycles. The molecule has 1 rings (SSSR count). The van der Waals surface area contributed by atoms with E-state index in [0.29, 0.717) is 30.3 Å². The first-order valence-electron chi connectivity index (χ1n) is 5.73. The molecular weight excluding hydrogens is 272 g/mol. The van der Waals surface area contributed by atoms with E-state index in [1.165, 1.54) is 12.1 Å². The van der Waals surface area contributed by atoms with Crippen LogP contribution in [0, 0.1) is 10.1 Å². The standard InChI is InChI=1S/C12H17ClN2O4/c1-18-8-11(19-2)7-14-6-9-5-10(13)3-4-12(9)15(16)17/h3-5,11,14H,6-8H2,1-2H3. The number of methoxy groups -OCH3 is 2. The Morgan fingerprint density at radius 3 is 2.79 bits per heavy atom. The smallest absolute Gasteiger partial charge is 0.273 e. The third kappa shape index (κ3) is 5.12. The minimum absolute atomic E-state index is 0.0533. The van der Waals surface area contributed by atoms with Gasteiger partial charge in [0, 0.05) is 44.0 Å². The van der Waals surface area contributed by atoms with Gasteiger partial charge in [-0.3, -0.25) is 10.1 Å². The second-order valence-corrected chi connectivity index (χ2v) is 4.41. The van der Waals surface area contributed by atoms with E-state index in [4.69, 9.17) is 21.1 Å². The summed E-state index contributed by atoms with van der Waals surface area (Å²) in [5, 5.41) is 14.4. The van der Waals surface area contributed by atoms with Gasteiger partial charge in [-0.05, 0) is 12.1 Å². The molecule has 0 fully saturated rings. The van der Waals surface area contributed by atoms with E-state index < -0.39 is 4.92 Å². The summed E-state index contributed by atoms with van der Waals surface area (Å²) in [5.41, 5.74) is 0.599. The van der Waals surface area contributed by atoms with Gasteiger partial charge >= 0.3 is 0 Å². The van der Waals surface area contributed by atoms with Crippen LogP contribution in [0.2, 0.25) is 5.02 Å². The zero-order chi connectivity index (χ0) is 14.3. The Balaban J connectivity index is 2.61. The monoisotopic (exact) mass is 288 g/mol. The molecule has 0 spiro atoms. The lowest BCUT2D eigenvalue weighted by Crippen LogP contribution is -2.31. The normalized spacial score (nSPS) is 12.4. The number of hydrogen-bond donors (Lipinski definition) is 1. The molecule has 1 aromatic rings. The van der Waals surface area contributed by atoms with Gasteiger partial charge in [-0.15, -0.1) is 0 Å². The fourth-order valence-electron chi connectivity index (χ4n) is 1.64. The zero-order valence-corrected chi connectivity index (χ0v) is 11.6. The first kappa shape index (κ1) is 15.8. The van der Waals surface area contributed by atoms with E-state index in [9.17, 15) is 10.1 Å². The molecule has 0 radical (unpaired) electrons. The maximum Gasteiger partial charge on any atom is 0.273 e. The summed E-state index contributed by atoms with van der Waals surface area (Å²) < 4.78 is 10.2. The Bertz CT molecular complexity index is 428. The van der Waals surface area contributed by atoms with Crippen LogP contribution in [-0.2, 0) is 16.0 Å². The van der Waals surface area contributed by atoms with Crippen LogP contribution in [0.3, 0.4) is 0 Å². The van der Waals surface area contributed by atoms with Crippen molar-refractivity contribution in [2.75, 3.05) is 27.4 Å². The van der Waals surface area contributed by atoms with Gasteiger partial charge in [0.15, 0.2) is 0 Å². The number of halogens is 1. The van der Waals surface area contributed by atoms with Crippen molar-refractivity contribution in [1.29, 1.82) is 0 Å². The lowest BCUT2D eigenvalue weighted by atomic mass is 10.2. The average molecular weight is 289 g/mol. The Kier molecular flexibility index (Phi) is 6.72. The maximum atomic E-state index is 10.9. The highest BCUT2D eigenvalue weighted by atomic mass is 35.5. The highest BCUT2D eigenvalue weighted by Crippen LogP contribution is 2.22. The molecule has 0 saturated carbocycles. The van der Waals surface area contributed by atoms with E-state index >= 15 is 0 Å². The molecule has 0 aliphatic carbocycles. The van der Waals surface area contributed by atoms with Crippen molar-refractivity contribution >= 4 is 17.3 Å². The summed E-state index contributed by atoms with van der Waals surface area (Å²) in [5.74, 6) is 0. The third-order valence-corrected chi connectivity index (χ3v) is 2.85. The van der Waals surface area contributed by atoms with Crippen molar-refractivity contribution in [2.24, 2.45) is 0 Å². The van der Waals surface area contributed by atoms with Gasteiger partial charge in [-0.1, -0.05) is 11.6 Å². The average Bonchev–Trinajstić information content (AvgIpc) is 2.37. The van der Waals surface area contributed by atoms with Crippen molar-refractivity contribution in [3.8, 4) is 0 Å². The lowest BCUT2D eigenvalue weighted by molar-refractivity contribution is -0.385. The molecule has 0 aliphatic rings. The van der Waals surface area contributed by atoms with E-state index in [1.54, 1.807) is 20.3 Å². The van der Waals surface area contributed by atoms with Crippen LogP contribution >= 0.6 is 11.6 Å². The van der Waals surface area contributed by atoms with Crippen LogP contribution in [0.5, 0.6) is 0 Å². The van der Waals surface area contributed by atoms with E-state index in [-0.39, 0.29) is 11.8 Å². The minimum atomic E-state index is -0.420. The quantitative estimate of drug-likeness (QED) is 0.585. The van der Waals surface area contributed by atoms with Crippen molar-refractivity contribution in [3.63, 3.8) is 0 Å². The zero-order valence-electron chi connectivity index (χ0n) is 10.9. The molecule has 6 nitrogen and oxygen atoms in total. The predicted octanol–water partition coefficient (Wildman–Crippen LogP) is 2.00. The van der Waals surface area contributed by atoms with Gasteiger partial charge in [0.1, 0.15) is 0 Å². The Hall–Kier alpha value is -1.21. The fraction of sp³-hybridized carbons (Fsp3) is 0.500. The van der Waals surface area contributed by atoms with Gasteiger partial charge < -0.3 is 14.8 Å². The van der Waals surface area contributed by atoms with Crippen molar-refractivity contribution in [2.45, 2.75) is 12.6 Å². The number of nitro groups is 1. The van der Waals surface area contributed by atoms with Crippen molar-refractivity contribution in [1.82, 2.24) is 5.32 Å². The highest BCUT2D eigenvalue weighted by Gasteiger charge is 2.14. The molecule has 106 valence electrons. The Morgan fingerprint density at radius 2 is 2.21 bits per heavy atom. The molecule has 0 saturated heterocycles. The van der Waals surface area contributed by atoms with Gasteiger partial charge in [0.05, 0.1) is 17.6 Å². The number of nitrogens with zero attached hydrogens (tertiary/aromatic N) is 1. The number of nitrogens with one attached hydrogen (secondary N) is 1. The highest BCUT2D eigenvalue weighted by molar-refractivity contribution is 6.30. The van der Waals surface area contributed by atoms with Gasteiger partial charge in [0.2, 0.25) is 0 Å². The number of hydrogen-bond acceptors (Lipinski definition) is 5. The molecule has 0 aromatic heterocycles. The molecule has 7 heteroatoms. The lowest BCUT2D eigenvalue weighted by Gasteiger charge is -2.15. The fourth-order valence-corrected chi connectivity index (χ4v) is 1.83. The molecule has 1 N–H and O–H groups in total. The summed E-state index contributed by atoms with van der Waals surface area (Å²) in [6, 6.07) is 4.50. The van der Waals surface area contributed by atoms with E-state index in [0.717, 1.165) is 0 Å². The second kappa shape index (κ2) is 8.06. The molecule has 1 aromatic carbocycles. The summed E-state index contributed by atoms with van der Waals surface area (Å²) in [7, 11) is 3.18. The third-order valence-electron chi connectivity index (χ3n) is 2.61. The summed E-state index contributed by atoms with van der Waals surface area (Å²) in [4.78, 5) is 10.5. The van der Waals surface area contributed by atoms with Gasteiger partial charge in [-0.2, -0.15) is 0 Å². The SMILES string of the molecule is COCC(CNCc1cc(Cl)ccc1[N+](=O)[O-])OC. The molecule has 0 aliphatic heterocycles. The Labute approximate surface area is 116 Å². The largest absolute Gasteiger partial charge is 0.382 e. The van der Waals surface area contributed by atoms with Crippen LogP contribution < -0.4 is 5.32 Å². The van der Waals surface area contributed by atoms with E-state index in [2.05, 4.69) is 5.32 Å². The predicted molar refractivity (Wildman–Crippen MR) is 72.5 cm³/mol. The van der Waals surface area contributed by atoms with Gasteiger partial charge in [-0.25, -0.2) is 0 Å². The van der Waals surface area contributed by atoms with Crippen LogP contribution in [0.25, 0.3) is 0 Å². The van der Waals surface area contributed by atoms with Crippen LogP contribution in [0.1, 0.15) is 5.56 Å². The molecule has 1 unspecified atom stereocenters. The molecule has 0 bridgehead atoms. The van der Waals surface area contributed by atoms with Crippen LogP contribution in [0.15, 0.2) is 18.2 Å². The van der Waals surface area contributed by atoms with Crippen LogP contribution in [-0.4, -0.2) is 38.4 Å². The molecule has 1 atom stereocenters. The molecule has 0 amide bonds. The first-order chi connectivity index (χ1) is 9.08. The number of ether oxygens (including phenoxy) is 2. The number of nitro benzene ring substituents is 1. The topological polar surface area (TPSA) is 73.6 Å². The molecular formula is C12H17ClN2O4. The summed E-state index contributed by atoms with van der Waals surface area (Å²) in [6.45, 7) is 1.34. The summed E-state index contributed by atoms with van der Waals surface area (Å²) >= 11 is 5.84. The first-order valence-corrected chi connectivity index (χ1v) is 6.11. The number of benzene rings is 1. The maximum absolute atomic E-state index is 10.9. The van der Waals surface area contributed by atoms with Crippen molar-refractivity contribution < 1.29 is 14.4 Å². The van der Waals surface area contributed by atoms with Gasteiger partial charge in [0.25, 0.3) is 5.69 Å². The minimum Gasteiger partial charge on any atom is -0.382 e. The second-order valence-electron chi connectivity index (χ2n) is 3.97.